The summed E-state index contributed by atoms with van der Waals surface area (Å²) in [5, 5.41) is 0. The molecule has 0 aromatic heterocycles. The molecule has 0 rings (SSSR count). The van der Waals surface area contributed by atoms with E-state index in [9.17, 15) is 0 Å². The van der Waals surface area contributed by atoms with Gasteiger partial charge >= 0.3 is 9.53 Å². The van der Waals surface area contributed by atoms with Crippen molar-refractivity contribution >= 4 is 9.53 Å². The van der Waals surface area contributed by atoms with E-state index < -0.39 is 9.53 Å². The zero-order valence-electron chi connectivity index (χ0n) is 10.3. The van der Waals surface area contributed by atoms with E-state index in [1.54, 1.807) is 0 Å². The highest BCUT2D eigenvalue weighted by molar-refractivity contribution is 6.36. The first kappa shape index (κ1) is 14.1. The Morgan fingerprint density at radius 2 is 1.50 bits per heavy atom. The topological polar surface area (TPSA) is 27.7 Å². The Labute approximate surface area is 89.7 Å². The molecule has 0 aliphatic carbocycles. The van der Waals surface area contributed by atoms with Crippen LogP contribution in [-0.2, 0) is 13.3 Å². The molecule has 0 saturated heterocycles. The van der Waals surface area contributed by atoms with E-state index in [2.05, 4.69) is 27.7 Å². The Bertz CT molecular complexity index is 142. The second-order valence-corrected chi connectivity index (χ2v) is 5.56. The van der Waals surface area contributed by atoms with Crippen LogP contribution in [0.15, 0.2) is 0 Å². The maximum atomic E-state index is 5.87. The molecule has 0 saturated carbocycles. The van der Waals surface area contributed by atoms with Gasteiger partial charge in [-0.2, -0.15) is 0 Å². The summed E-state index contributed by atoms with van der Waals surface area (Å²) >= 11 is 0. The van der Waals surface area contributed by atoms with Crippen molar-refractivity contribution < 1.29 is 13.3 Å². The molecule has 0 bridgehead atoms. The largest absolute Gasteiger partial charge is 0.484 e. The Morgan fingerprint density at radius 3 is 1.79 bits per heavy atom. The van der Waals surface area contributed by atoms with Crippen molar-refractivity contribution in [1.82, 2.24) is 0 Å². The molecule has 0 amide bonds. The van der Waals surface area contributed by atoms with Crippen LogP contribution in [0.3, 0.4) is 0 Å². The third kappa shape index (κ3) is 5.10. The molecule has 0 atom stereocenters. The monoisotopic (exact) mass is 220 g/mol. The maximum Gasteiger partial charge on any atom is 0.484 e. The lowest BCUT2D eigenvalue weighted by molar-refractivity contribution is -0.0123. The molecular weight excluding hydrogens is 196 g/mol. The summed E-state index contributed by atoms with van der Waals surface area (Å²) in [6.07, 6.45) is 0. The lowest BCUT2D eigenvalue weighted by Crippen LogP contribution is -2.41. The van der Waals surface area contributed by atoms with Gasteiger partial charge in [-0.25, -0.2) is 0 Å². The lowest BCUT2D eigenvalue weighted by Gasteiger charge is -2.32. The van der Waals surface area contributed by atoms with Crippen LogP contribution in [0.5, 0.6) is 0 Å². The van der Waals surface area contributed by atoms with E-state index in [0.29, 0.717) is 19.1 Å². The molecule has 3 nitrogen and oxygen atoms in total. The first-order valence-electron chi connectivity index (χ1n) is 5.35. The van der Waals surface area contributed by atoms with Gasteiger partial charge in [0.25, 0.3) is 0 Å². The molecular formula is C10H24O3Si. The van der Waals surface area contributed by atoms with Crippen LogP contribution in [0.1, 0.15) is 41.5 Å². The highest BCUT2D eigenvalue weighted by atomic mass is 28.3. The summed E-state index contributed by atoms with van der Waals surface area (Å²) in [5.41, 5.74) is -0.165. The minimum atomic E-state index is -1.91. The normalized spacial score (nSPS) is 12.9. The molecule has 0 aromatic rings. The van der Waals surface area contributed by atoms with Gasteiger partial charge in [0, 0.05) is 13.2 Å². The number of hydrogen-bond donors (Lipinski definition) is 0. The predicted molar refractivity (Wildman–Crippen MR) is 60.4 cm³/mol. The molecule has 0 fully saturated rings. The summed E-state index contributed by atoms with van der Waals surface area (Å²) < 4.78 is 16.8. The SMILES string of the molecule is CCO[SiH](OCC)OC(C)(C)C(C)C. The average Bonchev–Trinajstić information content (AvgIpc) is 2.04. The van der Waals surface area contributed by atoms with Crippen molar-refractivity contribution in [3.63, 3.8) is 0 Å². The van der Waals surface area contributed by atoms with Crippen LogP contribution in [0, 0.1) is 5.92 Å². The molecule has 0 aromatic carbocycles. The average molecular weight is 220 g/mol. The second kappa shape index (κ2) is 6.56. The summed E-state index contributed by atoms with van der Waals surface area (Å²) in [4.78, 5) is 0. The Morgan fingerprint density at radius 1 is 1.07 bits per heavy atom. The highest BCUT2D eigenvalue weighted by Gasteiger charge is 2.29. The summed E-state index contributed by atoms with van der Waals surface area (Å²) in [6, 6.07) is 0. The minimum Gasteiger partial charge on any atom is -0.376 e. The fourth-order valence-electron chi connectivity index (χ4n) is 0.772. The molecule has 4 heteroatoms. The van der Waals surface area contributed by atoms with Crippen LogP contribution in [-0.4, -0.2) is 28.3 Å². The van der Waals surface area contributed by atoms with Crippen LogP contribution in [0.2, 0.25) is 0 Å². The molecule has 0 aliphatic rings. The predicted octanol–water partition coefficient (Wildman–Crippen LogP) is 2.23. The quantitative estimate of drug-likeness (QED) is 0.616. The molecule has 0 spiro atoms. The van der Waals surface area contributed by atoms with Crippen LogP contribution in [0.4, 0.5) is 0 Å². The molecule has 86 valence electrons. The maximum absolute atomic E-state index is 5.87. The van der Waals surface area contributed by atoms with Crippen molar-refractivity contribution in [3.05, 3.63) is 0 Å². The van der Waals surface area contributed by atoms with Crippen molar-refractivity contribution in [2.24, 2.45) is 5.92 Å². The van der Waals surface area contributed by atoms with Gasteiger partial charge in [0.2, 0.25) is 0 Å². The third-order valence-electron chi connectivity index (χ3n) is 2.40. The first-order valence-corrected chi connectivity index (χ1v) is 6.76. The van der Waals surface area contributed by atoms with E-state index in [4.69, 9.17) is 13.3 Å². The van der Waals surface area contributed by atoms with E-state index in [1.165, 1.54) is 0 Å². The van der Waals surface area contributed by atoms with Gasteiger partial charge in [0.05, 0.1) is 5.60 Å². The van der Waals surface area contributed by atoms with Gasteiger partial charge in [-0.1, -0.05) is 13.8 Å². The van der Waals surface area contributed by atoms with Gasteiger partial charge < -0.3 is 13.3 Å². The van der Waals surface area contributed by atoms with E-state index >= 15 is 0 Å². The fourth-order valence-corrected chi connectivity index (χ4v) is 2.32. The van der Waals surface area contributed by atoms with E-state index in [0.717, 1.165) is 0 Å². The highest BCUT2D eigenvalue weighted by Crippen LogP contribution is 2.21. The minimum absolute atomic E-state index is 0.165. The Kier molecular flexibility index (Phi) is 6.60. The number of rotatable bonds is 7. The Hall–Kier alpha value is 0.0969. The van der Waals surface area contributed by atoms with Gasteiger partial charge in [-0.15, -0.1) is 0 Å². The first-order chi connectivity index (χ1) is 6.44. The van der Waals surface area contributed by atoms with Crippen molar-refractivity contribution in [3.8, 4) is 0 Å². The van der Waals surface area contributed by atoms with Gasteiger partial charge in [0.15, 0.2) is 0 Å². The second-order valence-electron chi connectivity index (χ2n) is 4.08. The van der Waals surface area contributed by atoms with Crippen LogP contribution >= 0.6 is 0 Å². The summed E-state index contributed by atoms with van der Waals surface area (Å²) in [7, 11) is -1.91. The standard InChI is InChI=1S/C10H24O3Si/c1-7-11-14(12-8-2)13-10(5,6)9(3)4/h9,14H,7-8H2,1-6H3. The van der Waals surface area contributed by atoms with Gasteiger partial charge in [-0.05, 0) is 33.6 Å². The molecule has 0 N–H and O–H groups in total. The lowest BCUT2D eigenvalue weighted by atomic mass is 9.95. The Balaban J connectivity index is 4.12. The van der Waals surface area contributed by atoms with Crippen molar-refractivity contribution in [2.45, 2.75) is 47.1 Å². The van der Waals surface area contributed by atoms with E-state index in [-0.39, 0.29) is 5.60 Å². The zero-order chi connectivity index (χ0) is 11.2. The summed E-state index contributed by atoms with van der Waals surface area (Å²) in [5.74, 6) is 0.457. The zero-order valence-corrected chi connectivity index (χ0v) is 11.4. The molecule has 0 aliphatic heterocycles. The third-order valence-corrected chi connectivity index (χ3v) is 4.41. The smallest absolute Gasteiger partial charge is 0.376 e. The molecule has 0 unspecified atom stereocenters. The van der Waals surface area contributed by atoms with Crippen molar-refractivity contribution in [1.29, 1.82) is 0 Å². The summed E-state index contributed by atoms with van der Waals surface area (Å²) in [6.45, 7) is 13.7. The van der Waals surface area contributed by atoms with Crippen LogP contribution in [0.25, 0.3) is 0 Å². The van der Waals surface area contributed by atoms with Crippen LogP contribution < -0.4 is 0 Å². The van der Waals surface area contributed by atoms with Crippen molar-refractivity contribution in [2.75, 3.05) is 13.2 Å². The number of hydrogen-bond acceptors (Lipinski definition) is 3. The van der Waals surface area contributed by atoms with Gasteiger partial charge in [0.1, 0.15) is 0 Å². The molecule has 0 heterocycles. The fraction of sp³-hybridized carbons (Fsp3) is 1.00. The molecule has 0 radical (unpaired) electrons. The van der Waals surface area contributed by atoms with E-state index in [1.807, 2.05) is 13.8 Å². The molecule has 14 heavy (non-hydrogen) atoms. The van der Waals surface area contributed by atoms with Gasteiger partial charge in [-0.3, -0.25) is 0 Å².